The van der Waals surface area contributed by atoms with Gasteiger partial charge in [-0.3, -0.25) is 0 Å². The molecule has 0 rings (SSSR count). The first-order valence-corrected chi connectivity index (χ1v) is 9.91. The summed E-state index contributed by atoms with van der Waals surface area (Å²) in [4.78, 5) is 10.7. The van der Waals surface area contributed by atoms with E-state index in [0.29, 0.717) is 19.8 Å². The van der Waals surface area contributed by atoms with Crippen molar-refractivity contribution in [2.45, 2.75) is 38.9 Å². The summed E-state index contributed by atoms with van der Waals surface area (Å²) in [7, 11) is -1.17. The largest absolute Gasteiger partial charge is 0.460 e. The molecule has 0 aliphatic heterocycles. The van der Waals surface area contributed by atoms with Crippen molar-refractivity contribution < 1.29 is 19.0 Å². The first kappa shape index (κ1) is 18.3. The maximum atomic E-state index is 10.7. The highest BCUT2D eigenvalue weighted by molar-refractivity contribution is 6.79. The predicted molar refractivity (Wildman–Crippen MR) is 80.0 cm³/mol. The molecule has 19 heavy (non-hydrogen) atoms. The molecule has 5 heteroatoms. The highest BCUT2D eigenvalue weighted by Crippen LogP contribution is 2.20. The van der Waals surface area contributed by atoms with E-state index >= 15 is 0 Å². The van der Waals surface area contributed by atoms with E-state index in [-0.39, 0.29) is 6.61 Å². The molecule has 0 N–H and O–H groups in total. The third-order valence-electron chi connectivity index (χ3n) is 3.67. The van der Waals surface area contributed by atoms with E-state index in [0.717, 1.165) is 12.3 Å². The van der Waals surface area contributed by atoms with Crippen LogP contribution in [0.5, 0.6) is 0 Å². The lowest BCUT2D eigenvalue weighted by Gasteiger charge is -2.27. The number of ether oxygens (including phenoxy) is 3. The second kappa shape index (κ2) is 11.2. The van der Waals surface area contributed by atoms with Crippen LogP contribution in [0.3, 0.4) is 0 Å². The maximum absolute atomic E-state index is 10.7. The number of rotatable bonds is 12. The third-order valence-corrected chi connectivity index (χ3v) is 8.99. The predicted octanol–water partition coefficient (Wildman–Crippen LogP) is 2.80. The molecule has 0 aliphatic rings. The Balaban J connectivity index is 3.49. The van der Waals surface area contributed by atoms with Gasteiger partial charge in [-0.15, -0.1) is 0 Å². The van der Waals surface area contributed by atoms with Crippen LogP contribution in [0.15, 0.2) is 12.7 Å². The molecule has 0 spiro atoms. The van der Waals surface area contributed by atoms with Gasteiger partial charge in [-0.05, 0) is 0 Å². The molecule has 0 saturated carbocycles. The van der Waals surface area contributed by atoms with Gasteiger partial charge in [0.05, 0.1) is 27.9 Å². The molecule has 0 saturated heterocycles. The fraction of sp³-hybridized carbons (Fsp3) is 0.786. The van der Waals surface area contributed by atoms with Gasteiger partial charge in [0.25, 0.3) is 0 Å². The first-order valence-electron chi connectivity index (χ1n) is 7.08. The molecule has 0 aromatic rings. The normalized spacial score (nSPS) is 11.3. The minimum absolute atomic E-state index is 0.266. The fourth-order valence-corrected chi connectivity index (χ4v) is 4.51. The Bertz CT molecular complexity index is 244. The Morgan fingerprint density at radius 3 is 2.05 bits per heavy atom. The molecule has 112 valence electrons. The van der Waals surface area contributed by atoms with E-state index in [1.165, 1.54) is 18.1 Å². The van der Waals surface area contributed by atoms with E-state index in [2.05, 4.69) is 27.4 Å². The molecule has 0 amide bonds. The quantitative estimate of drug-likeness (QED) is 0.240. The summed E-state index contributed by atoms with van der Waals surface area (Å²) in [5, 5.41) is 0. The van der Waals surface area contributed by atoms with Crippen molar-refractivity contribution in [3.05, 3.63) is 12.7 Å². The fourth-order valence-electron chi connectivity index (χ4n) is 1.82. The summed E-state index contributed by atoms with van der Waals surface area (Å²) < 4.78 is 15.8. The molecular weight excluding hydrogens is 260 g/mol. The Morgan fingerprint density at radius 2 is 1.53 bits per heavy atom. The zero-order valence-electron chi connectivity index (χ0n) is 12.6. The van der Waals surface area contributed by atoms with Gasteiger partial charge in [0.1, 0.15) is 6.61 Å². The van der Waals surface area contributed by atoms with E-state index in [4.69, 9.17) is 14.2 Å². The van der Waals surface area contributed by atoms with Gasteiger partial charge in [-0.1, -0.05) is 45.5 Å². The Labute approximate surface area is 118 Å². The zero-order chi connectivity index (χ0) is 14.6. The standard InChI is InChI=1S/C14H28O4Si/c1-5-14(15)18-12-11-16-9-10-17-13-19(6-2,7-3)8-4/h5H,1,6-13H2,2-4H3. The van der Waals surface area contributed by atoms with Crippen molar-refractivity contribution in [3.63, 3.8) is 0 Å². The molecule has 0 atom stereocenters. The molecule has 0 heterocycles. The minimum atomic E-state index is -1.17. The summed E-state index contributed by atoms with van der Waals surface area (Å²) in [6.07, 6.45) is 2.07. The monoisotopic (exact) mass is 288 g/mol. The average Bonchev–Trinajstić information content (AvgIpc) is 2.46. The van der Waals surface area contributed by atoms with Crippen LogP contribution in [0.25, 0.3) is 0 Å². The number of hydrogen-bond acceptors (Lipinski definition) is 4. The maximum Gasteiger partial charge on any atom is 0.330 e. The Hall–Kier alpha value is -0.653. The topological polar surface area (TPSA) is 44.8 Å². The van der Waals surface area contributed by atoms with Crippen LogP contribution in [0.2, 0.25) is 18.1 Å². The molecule has 4 nitrogen and oxygen atoms in total. The lowest BCUT2D eigenvalue weighted by atomic mass is 10.6. The first-order chi connectivity index (χ1) is 9.14. The average molecular weight is 288 g/mol. The van der Waals surface area contributed by atoms with Crippen molar-refractivity contribution in [1.82, 2.24) is 0 Å². The van der Waals surface area contributed by atoms with Gasteiger partial charge in [0, 0.05) is 12.3 Å². The molecule has 0 bridgehead atoms. The van der Waals surface area contributed by atoms with Gasteiger partial charge in [0.2, 0.25) is 0 Å². The van der Waals surface area contributed by atoms with Crippen LogP contribution in [0.1, 0.15) is 20.8 Å². The van der Waals surface area contributed by atoms with E-state index < -0.39 is 14.0 Å². The summed E-state index contributed by atoms with van der Waals surface area (Å²) in [6, 6.07) is 3.83. The molecule has 0 aliphatic carbocycles. The second-order valence-corrected chi connectivity index (χ2v) is 10.0. The second-order valence-electron chi connectivity index (χ2n) is 4.60. The molecular formula is C14H28O4Si. The minimum Gasteiger partial charge on any atom is -0.460 e. The summed E-state index contributed by atoms with van der Waals surface area (Å²) in [6.45, 7) is 12.0. The van der Waals surface area contributed by atoms with Gasteiger partial charge in [-0.25, -0.2) is 4.79 Å². The Morgan fingerprint density at radius 1 is 1.00 bits per heavy atom. The van der Waals surface area contributed by atoms with Crippen molar-refractivity contribution in [2.24, 2.45) is 0 Å². The van der Waals surface area contributed by atoms with Crippen LogP contribution < -0.4 is 0 Å². The van der Waals surface area contributed by atoms with E-state index in [1.54, 1.807) is 0 Å². The molecule has 0 fully saturated rings. The Kier molecular flexibility index (Phi) is 10.8. The van der Waals surface area contributed by atoms with E-state index in [9.17, 15) is 4.79 Å². The highest BCUT2D eigenvalue weighted by atomic mass is 28.3. The lowest BCUT2D eigenvalue weighted by molar-refractivity contribution is -0.139. The molecule has 0 radical (unpaired) electrons. The van der Waals surface area contributed by atoms with Crippen molar-refractivity contribution >= 4 is 14.0 Å². The van der Waals surface area contributed by atoms with Crippen LogP contribution in [0.4, 0.5) is 0 Å². The van der Waals surface area contributed by atoms with Gasteiger partial charge in [0.15, 0.2) is 0 Å². The van der Waals surface area contributed by atoms with Crippen LogP contribution >= 0.6 is 0 Å². The van der Waals surface area contributed by atoms with Crippen molar-refractivity contribution in [1.29, 1.82) is 0 Å². The lowest BCUT2D eigenvalue weighted by Crippen LogP contribution is -2.38. The van der Waals surface area contributed by atoms with Crippen LogP contribution in [0, 0.1) is 0 Å². The smallest absolute Gasteiger partial charge is 0.330 e. The van der Waals surface area contributed by atoms with Crippen LogP contribution in [-0.2, 0) is 19.0 Å². The number of carbonyl (C=O) groups is 1. The van der Waals surface area contributed by atoms with Gasteiger partial charge < -0.3 is 14.2 Å². The summed E-state index contributed by atoms with van der Waals surface area (Å²) >= 11 is 0. The van der Waals surface area contributed by atoms with Gasteiger partial charge in [-0.2, -0.15) is 0 Å². The SMILES string of the molecule is C=CC(=O)OCCOCCOC[Si](CC)(CC)CC. The number of carbonyl (C=O) groups excluding carboxylic acids is 1. The molecule has 0 aromatic carbocycles. The number of esters is 1. The van der Waals surface area contributed by atoms with E-state index in [1.807, 2.05) is 0 Å². The highest BCUT2D eigenvalue weighted by Gasteiger charge is 2.26. The molecule has 0 unspecified atom stereocenters. The van der Waals surface area contributed by atoms with Crippen molar-refractivity contribution in [3.8, 4) is 0 Å². The number of hydrogen-bond donors (Lipinski definition) is 0. The summed E-state index contributed by atoms with van der Waals surface area (Å²) in [5.74, 6) is -0.413. The van der Waals surface area contributed by atoms with Gasteiger partial charge >= 0.3 is 5.97 Å². The van der Waals surface area contributed by atoms with Crippen molar-refractivity contribution in [2.75, 3.05) is 32.7 Å². The summed E-state index contributed by atoms with van der Waals surface area (Å²) in [5.41, 5.74) is 0. The zero-order valence-corrected chi connectivity index (χ0v) is 13.6. The molecule has 0 aromatic heterocycles. The third kappa shape index (κ3) is 8.18. The van der Waals surface area contributed by atoms with Crippen LogP contribution in [-0.4, -0.2) is 46.7 Å².